The number of benzene rings is 2. The standard InChI is InChI=1S/C25H33Cl2N3O4S/c1-6-22(25(32)28-14-17(2)3)29(15-19-9-7-8-10-21(19)27)24(31)16-30(35(5,33)34)23-12-11-20(26)13-18(23)4/h7-13,17,22H,6,14-16H2,1-5H3,(H,28,32). The molecule has 0 aliphatic heterocycles. The van der Waals surface area contributed by atoms with Gasteiger partial charge in [-0.2, -0.15) is 0 Å². The molecule has 0 heterocycles. The van der Waals surface area contributed by atoms with E-state index in [4.69, 9.17) is 23.2 Å². The van der Waals surface area contributed by atoms with Crippen molar-refractivity contribution >= 4 is 50.7 Å². The minimum absolute atomic E-state index is 0.0588. The molecule has 0 bridgehead atoms. The van der Waals surface area contributed by atoms with Gasteiger partial charge in [-0.1, -0.05) is 62.2 Å². The van der Waals surface area contributed by atoms with Gasteiger partial charge >= 0.3 is 0 Å². The van der Waals surface area contributed by atoms with Crippen LogP contribution in [0.4, 0.5) is 5.69 Å². The fourth-order valence-electron chi connectivity index (χ4n) is 3.65. The van der Waals surface area contributed by atoms with Crippen LogP contribution in [0.25, 0.3) is 0 Å². The zero-order valence-corrected chi connectivity index (χ0v) is 23.0. The molecule has 192 valence electrons. The van der Waals surface area contributed by atoms with E-state index < -0.39 is 28.5 Å². The summed E-state index contributed by atoms with van der Waals surface area (Å²) < 4.78 is 26.5. The quantitative estimate of drug-likeness (QED) is 0.448. The van der Waals surface area contributed by atoms with Crippen LogP contribution in [-0.2, 0) is 26.2 Å². The summed E-state index contributed by atoms with van der Waals surface area (Å²) in [5.74, 6) is -0.579. The number of amides is 2. The third-order valence-corrected chi connectivity index (χ3v) is 7.21. The van der Waals surface area contributed by atoms with E-state index in [2.05, 4.69) is 5.32 Å². The molecular weight excluding hydrogens is 509 g/mol. The van der Waals surface area contributed by atoms with E-state index in [1.807, 2.05) is 20.8 Å². The lowest BCUT2D eigenvalue weighted by atomic mass is 10.1. The van der Waals surface area contributed by atoms with E-state index in [0.717, 1.165) is 10.6 Å². The first-order valence-corrected chi connectivity index (χ1v) is 14.0. The van der Waals surface area contributed by atoms with Crippen molar-refractivity contribution in [2.45, 2.75) is 46.7 Å². The molecule has 0 saturated heterocycles. The predicted molar refractivity (Wildman–Crippen MR) is 142 cm³/mol. The molecule has 2 aromatic carbocycles. The van der Waals surface area contributed by atoms with E-state index in [1.54, 1.807) is 49.4 Å². The van der Waals surface area contributed by atoms with E-state index in [9.17, 15) is 18.0 Å². The van der Waals surface area contributed by atoms with E-state index in [0.29, 0.717) is 39.8 Å². The Balaban J connectivity index is 2.47. The molecule has 2 rings (SSSR count). The number of rotatable bonds is 11. The first-order chi connectivity index (χ1) is 16.3. The lowest BCUT2D eigenvalue weighted by Gasteiger charge is -2.33. The maximum atomic E-state index is 13.7. The number of halogens is 2. The highest BCUT2D eigenvalue weighted by atomic mass is 35.5. The van der Waals surface area contributed by atoms with Gasteiger partial charge in [-0.15, -0.1) is 0 Å². The van der Waals surface area contributed by atoms with Crippen molar-refractivity contribution in [3.05, 3.63) is 63.6 Å². The van der Waals surface area contributed by atoms with E-state index in [1.165, 1.54) is 4.90 Å². The molecule has 10 heteroatoms. The normalized spacial score (nSPS) is 12.3. The maximum absolute atomic E-state index is 13.7. The second kappa shape index (κ2) is 12.6. The molecule has 0 spiro atoms. The Kier molecular flexibility index (Phi) is 10.4. The fourth-order valence-corrected chi connectivity index (χ4v) is 4.97. The number of sulfonamides is 1. The van der Waals surface area contributed by atoms with Gasteiger partial charge in [0.2, 0.25) is 21.8 Å². The Morgan fingerprint density at radius 1 is 1.09 bits per heavy atom. The summed E-state index contributed by atoms with van der Waals surface area (Å²) in [5.41, 5.74) is 1.61. The van der Waals surface area contributed by atoms with Gasteiger partial charge in [0.1, 0.15) is 12.6 Å². The van der Waals surface area contributed by atoms with Crippen LogP contribution in [-0.4, -0.2) is 50.5 Å². The summed E-state index contributed by atoms with van der Waals surface area (Å²) in [4.78, 5) is 28.1. The molecular formula is C25H33Cl2N3O4S. The Labute approximate surface area is 218 Å². The van der Waals surface area contributed by atoms with Crippen LogP contribution in [0, 0.1) is 12.8 Å². The van der Waals surface area contributed by atoms with Gasteiger partial charge in [0.15, 0.2) is 0 Å². The van der Waals surface area contributed by atoms with E-state index >= 15 is 0 Å². The van der Waals surface area contributed by atoms with Crippen LogP contribution in [0.15, 0.2) is 42.5 Å². The highest BCUT2D eigenvalue weighted by molar-refractivity contribution is 7.92. The van der Waals surface area contributed by atoms with Crippen molar-refractivity contribution in [3.8, 4) is 0 Å². The number of hydrogen-bond donors (Lipinski definition) is 1. The van der Waals surface area contributed by atoms with Gasteiger partial charge in [-0.05, 0) is 54.7 Å². The Bertz CT molecular complexity index is 1160. The average molecular weight is 543 g/mol. The molecule has 0 aromatic heterocycles. The summed E-state index contributed by atoms with van der Waals surface area (Å²) in [5, 5.41) is 3.80. The number of carbonyl (C=O) groups is 2. The SMILES string of the molecule is CCC(C(=O)NCC(C)C)N(Cc1ccccc1Cl)C(=O)CN(c1ccc(Cl)cc1C)S(C)(=O)=O. The van der Waals surface area contributed by atoms with Gasteiger partial charge in [0.05, 0.1) is 11.9 Å². The zero-order valence-electron chi connectivity index (χ0n) is 20.7. The molecule has 0 fully saturated rings. The van der Waals surface area contributed by atoms with Gasteiger partial charge in [-0.25, -0.2) is 8.42 Å². The van der Waals surface area contributed by atoms with Crippen molar-refractivity contribution in [2.75, 3.05) is 23.7 Å². The minimum atomic E-state index is -3.82. The molecule has 1 N–H and O–H groups in total. The summed E-state index contributed by atoms with van der Waals surface area (Å²) in [6.45, 7) is 7.54. The summed E-state index contributed by atoms with van der Waals surface area (Å²) in [6.07, 6.45) is 1.39. The van der Waals surface area contributed by atoms with Crippen LogP contribution in [0.5, 0.6) is 0 Å². The number of aryl methyl sites for hydroxylation is 1. The average Bonchev–Trinajstić information content (AvgIpc) is 2.76. The third-order valence-electron chi connectivity index (χ3n) is 5.48. The second-order valence-corrected chi connectivity index (χ2v) is 11.6. The molecule has 1 atom stereocenters. The van der Waals surface area contributed by atoms with Crippen LogP contribution in [0.2, 0.25) is 10.0 Å². The molecule has 0 saturated carbocycles. The molecule has 0 aliphatic carbocycles. The summed E-state index contributed by atoms with van der Waals surface area (Å²) in [6, 6.07) is 11.0. The topological polar surface area (TPSA) is 86.8 Å². The monoisotopic (exact) mass is 541 g/mol. The molecule has 35 heavy (non-hydrogen) atoms. The maximum Gasteiger partial charge on any atom is 0.244 e. The van der Waals surface area contributed by atoms with Crippen molar-refractivity contribution in [3.63, 3.8) is 0 Å². The number of nitrogens with zero attached hydrogens (tertiary/aromatic N) is 2. The van der Waals surface area contributed by atoms with Gasteiger partial charge in [0.25, 0.3) is 0 Å². The molecule has 7 nitrogen and oxygen atoms in total. The first-order valence-electron chi connectivity index (χ1n) is 11.4. The number of nitrogens with one attached hydrogen (secondary N) is 1. The lowest BCUT2D eigenvalue weighted by molar-refractivity contribution is -0.140. The molecule has 2 aromatic rings. The molecule has 0 radical (unpaired) electrons. The van der Waals surface area contributed by atoms with Crippen molar-refractivity contribution in [1.82, 2.24) is 10.2 Å². The van der Waals surface area contributed by atoms with Gasteiger partial charge < -0.3 is 10.2 Å². The molecule has 0 aliphatic rings. The van der Waals surface area contributed by atoms with Crippen LogP contribution in [0.1, 0.15) is 38.3 Å². The van der Waals surface area contributed by atoms with Crippen LogP contribution in [0.3, 0.4) is 0 Å². The molecule has 2 amide bonds. The lowest BCUT2D eigenvalue weighted by Crippen LogP contribution is -2.52. The van der Waals surface area contributed by atoms with E-state index in [-0.39, 0.29) is 18.4 Å². The number of hydrogen-bond acceptors (Lipinski definition) is 4. The van der Waals surface area contributed by atoms with Gasteiger partial charge in [0, 0.05) is 23.1 Å². The smallest absolute Gasteiger partial charge is 0.244 e. The third kappa shape index (κ3) is 8.12. The highest BCUT2D eigenvalue weighted by Gasteiger charge is 2.32. The Morgan fingerprint density at radius 3 is 2.29 bits per heavy atom. The fraction of sp³-hybridized carbons (Fsp3) is 0.440. The summed E-state index contributed by atoms with van der Waals surface area (Å²) in [7, 11) is -3.82. The van der Waals surface area contributed by atoms with Crippen LogP contribution >= 0.6 is 23.2 Å². The van der Waals surface area contributed by atoms with Crippen molar-refractivity contribution in [2.24, 2.45) is 5.92 Å². The Morgan fingerprint density at radius 2 is 1.74 bits per heavy atom. The van der Waals surface area contributed by atoms with Crippen molar-refractivity contribution < 1.29 is 18.0 Å². The number of anilines is 1. The Hall–Kier alpha value is -2.29. The zero-order chi connectivity index (χ0) is 26.3. The first kappa shape index (κ1) is 28.9. The van der Waals surface area contributed by atoms with Crippen LogP contribution < -0.4 is 9.62 Å². The highest BCUT2D eigenvalue weighted by Crippen LogP contribution is 2.26. The predicted octanol–water partition coefficient (Wildman–Crippen LogP) is 4.65. The largest absolute Gasteiger partial charge is 0.354 e. The number of carbonyl (C=O) groups excluding carboxylic acids is 2. The minimum Gasteiger partial charge on any atom is -0.354 e. The summed E-state index contributed by atoms with van der Waals surface area (Å²) >= 11 is 12.4. The molecule has 1 unspecified atom stereocenters. The second-order valence-electron chi connectivity index (χ2n) is 8.88. The van der Waals surface area contributed by atoms with Gasteiger partial charge in [-0.3, -0.25) is 13.9 Å². The van der Waals surface area contributed by atoms with Crippen molar-refractivity contribution in [1.29, 1.82) is 0 Å².